The summed E-state index contributed by atoms with van der Waals surface area (Å²) in [5.41, 5.74) is 10.5. The molecule has 0 aliphatic carbocycles. The van der Waals surface area contributed by atoms with E-state index in [0.717, 1.165) is 0 Å². The number of hydrogen-bond donors (Lipinski definition) is 2. The topological polar surface area (TPSA) is 148 Å². The molecule has 9 nitrogen and oxygen atoms in total. The highest BCUT2D eigenvalue weighted by Gasteiger charge is 2.29. The average Bonchev–Trinajstić information content (AvgIpc) is 2.79. The molecule has 1 heterocycles. The Kier molecular flexibility index (Phi) is 3.25. The molecule has 0 saturated carbocycles. The lowest BCUT2D eigenvalue weighted by molar-refractivity contribution is -0.803. The summed E-state index contributed by atoms with van der Waals surface area (Å²) >= 11 is 0. The smallest absolute Gasteiger partial charge is 0.338 e. The quantitative estimate of drug-likeness (QED) is 0.434. The van der Waals surface area contributed by atoms with Gasteiger partial charge in [0.2, 0.25) is 0 Å². The number of anilines is 1. The summed E-state index contributed by atoms with van der Waals surface area (Å²) in [6.45, 7) is 0. The van der Waals surface area contributed by atoms with Gasteiger partial charge in [-0.05, 0) is 23.1 Å². The van der Waals surface area contributed by atoms with Crippen LogP contribution >= 0.6 is 0 Å². The molecule has 4 N–H and O–H groups in total. The van der Waals surface area contributed by atoms with Crippen LogP contribution in [-0.2, 0) is 4.74 Å². The van der Waals surface area contributed by atoms with Crippen LogP contribution in [0.3, 0.4) is 0 Å². The van der Waals surface area contributed by atoms with Gasteiger partial charge in [0.15, 0.2) is 0 Å². The fourth-order valence-electron chi connectivity index (χ4n) is 1.68. The summed E-state index contributed by atoms with van der Waals surface area (Å²) in [6.07, 6.45) is 0. The molecule has 1 aromatic carbocycles. The fourth-order valence-corrected chi connectivity index (χ4v) is 1.68. The number of hydrogen-bond acceptors (Lipinski definition) is 7. The first kappa shape index (κ1) is 13.3. The van der Waals surface area contributed by atoms with E-state index in [9.17, 15) is 14.8 Å². The molecule has 104 valence electrons. The second kappa shape index (κ2) is 4.88. The minimum absolute atomic E-state index is 0.0677. The van der Waals surface area contributed by atoms with Crippen molar-refractivity contribution in [3.05, 3.63) is 34.7 Å². The van der Waals surface area contributed by atoms with E-state index in [-0.39, 0.29) is 21.7 Å². The number of primary amides is 1. The number of benzene rings is 1. The maximum Gasteiger partial charge on any atom is 0.338 e. The fraction of sp³-hybridized carbons (Fsp3) is 0.0909. The maximum atomic E-state index is 11.7. The van der Waals surface area contributed by atoms with Gasteiger partial charge in [0.25, 0.3) is 17.3 Å². The minimum Gasteiger partial charge on any atom is -0.465 e. The predicted octanol–water partition coefficient (Wildman–Crippen LogP) is -0.557. The van der Waals surface area contributed by atoms with Crippen LogP contribution in [-0.4, -0.2) is 24.1 Å². The Labute approximate surface area is 112 Å². The first-order valence-corrected chi connectivity index (χ1v) is 5.33. The van der Waals surface area contributed by atoms with E-state index >= 15 is 0 Å². The Bertz CT molecular complexity index is 694. The highest BCUT2D eigenvalue weighted by atomic mass is 16.8. The Morgan fingerprint density at radius 1 is 1.45 bits per heavy atom. The zero-order valence-electron chi connectivity index (χ0n) is 10.3. The molecule has 0 unspecified atom stereocenters. The molecular formula is C11H10N4O5. The van der Waals surface area contributed by atoms with Gasteiger partial charge in [-0.25, -0.2) is 4.79 Å². The molecule has 20 heavy (non-hydrogen) atoms. The molecule has 2 aromatic rings. The van der Waals surface area contributed by atoms with Crippen molar-refractivity contribution in [1.82, 2.24) is 5.16 Å². The minimum atomic E-state index is -1.05. The van der Waals surface area contributed by atoms with Gasteiger partial charge in [-0.15, -0.1) is 0 Å². The standard InChI is InChI=1S/C11H10N4O5/c1-19-11(17)6-3-2-5(12)4-7(6)8-9(10(13)16)15(18)20-14-8/h2-4H,12H2,1H3,(H2,13,16). The maximum absolute atomic E-state index is 11.7. The highest BCUT2D eigenvalue weighted by molar-refractivity contribution is 6.02. The van der Waals surface area contributed by atoms with Gasteiger partial charge in [-0.2, -0.15) is 0 Å². The number of nitrogen functional groups attached to an aromatic ring is 1. The Morgan fingerprint density at radius 3 is 2.75 bits per heavy atom. The molecule has 0 fully saturated rings. The number of nitrogens with zero attached hydrogens (tertiary/aromatic N) is 2. The first-order valence-electron chi connectivity index (χ1n) is 5.33. The SMILES string of the molecule is COC(=O)c1ccc(N)cc1-c1no[n+]([O-])c1C(N)=O. The van der Waals surface area contributed by atoms with Crippen molar-refractivity contribution < 1.29 is 23.9 Å². The van der Waals surface area contributed by atoms with E-state index in [4.69, 9.17) is 11.5 Å². The summed E-state index contributed by atoms with van der Waals surface area (Å²) in [4.78, 5) is 22.8. The van der Waals surface area contributed by atoms with Crippen molar-refractivity contribution in [2.75, 3.05) is 12.8 Å². The number of ether oxygens (including phenoxy) is 1. The highest BCUT2D eigenvalue weighted by Crippen LogP contribution is 2.26. The van der Waals surface area contributed by atoms with E-state index in [1.165, 1.54) is 25.3 Å². The number of esters is 1. The lowest BCUT2D eigenvalue weighted by atomic mass is 10.0. The molecule has 0 atom stereocenters. The van der Waals surface area contributed by atoms with Crippen LogP contribution in [0.4, 0.5) is 5.69 Å². The summed E-state index contributed by atoms with van der Waals surface area (Å²) in [5.74, 6) is -1.73. The lowest BCUT2D eigenvalue weighted by Crippen LogP contribution is -2.34. The number of carbonyl (C=O) groups is 2. The second-order valence-electron chi connectivity index (χ2n) is 3.79. The Hall–Kier alpha value is -3.10. The average molecular weight is 278 g/mol. The van der Waals surface area contributed by atoms with Gasteiger partial charge >= 0.3 is 5.97 Å². The Balaban J connectivity index is 2.72. The molecular weight excluding hydrogens is 268 g/mol. The number of nitrogens with two attached hydrogens (primary N) is 2. The van der Waals surface area contributed by atoms with Crippen LogP contribution in [0.25, 0.3) is 11.3 Å². The molecule has 0 spiro atoms. The second-order valence-corrected chi connectivity index (χ2v) is 3.79. The predicted molar refractivity (Wildman–Crippen MR) is 65.2 cm³/mol. The third-order valence-electron chi connectivity index (χ3n) is 2.55. The van der Waals surface area contributed by atoms with Crippen LogP contribution in [0.15, 0.2) is 22.8 Å². The van der Waals surface area contributed by atoms with Crippen molar-refractivity contribution >= 4 is 17.6 Å². The molecule has 0 bridgehead atoms. The van der Waals surface area contributed by atoms with Gasteiger partial charge in [0, 0.05) is 16.4 Å². The van der Waals surface area contributed by atoms with Crippen molar-refractivity contribution in [2.45, 2.75) is 0 Å². The van der Waals surface area contributed by atoms with Gasteiger partial charge in [0.05, 0.1) is 12.7 Å². The van der Waals surface area contributed by atoms with E-state index < -0.39 is 17.6 Å². The first-order chi connectivity index (χ1) is 9.45. The van der Waals surface area contributed by atoms with Crippen LogP contribution in [0.5, 0.6) is 0 Å². The zero-order chi connectivity index (χ0) is 14.9. The molecule has 2 rings (SSSR count). The molecule has 0 radical (unpaired) electrons. The van der Waals surface area contributed by atoms with Crippen molar-refractivity contribution in [2.24, 2.45) is 5.73 Å². The number of aromatic nitrogens is 2. The van der Waals surface area contributed by atoms with Crippen molar-refractivity contribution in [3.8, 4) is 11.3 Å². The zero-order valence-corrected chi connectivity index (χ0v) is 10.3. The molecule has 0 aliphatic heterocycles. The third kappa shape index (κ3) is 2.11. The van der Waals surface area contributed by atoms with Gasteiger partial charge in [0.1, 0.15) is 0 Å². The summed E-state index contributed by atoms with van der Waals surface area (Å²) < 4.78 is 8.94. The van der Waals surface area contributed by atoms with Gasteiger partial charge in [-0.1, -0.05) is 0 Å². The van der Waals surface area contributed by atoms with Crippen LogP contribution < -0.4 is 16.4 Å². The van der Waals surface area contributed by atoms with Crippen molar-refractivity contribution in [3.63, 3.8) is 0 Å². The molecule has 1 amide bonds. The summed E-state index contributed by atoms with van der Waals surface area (Å²) in [7, 11) is 1.19. The summed E-state index contributed by atoms with van der Waals surface area (Å²) in [5, 5.41) is 14.8. The van der Waals surface area contributed by atoms with Gasteiger partial charge < -0.3 is 21.4 Å². The number of methoxy groups -OCH3 is 1. The molecule has 1 aromatic heterocycles. The normalized spacial score (nSPS) is 10.2. The van der Waals surface area contributed by atoms with E-state index in [1.807, 2.05) is 0 Å². The number of carbonyl (C=O) groups excluding carboxylic acids is 2. The molecule has 9 heteroatoms. The lowest BCUT2D eigenvalue weighted by Gasteiger charge is -2.05. The number of rotatable bonds is 3. The Morgan fingerprint density at radius 2 is 2.15 bits per heavy atom. The van der Waals surface area contributed by atoms with Crippen LogP contribution in [0, 0.1) is 5.21 Å². The summed E-state index contributed by atoms with van der Waals surface area (Å²) in [6, 6.07) is 4.20. The van der Waals surface area contributed by atoms with Crippen molar-refractivity contribution in [1.29, 1.82) is 0 Å². The van der Waals surface area contributed by atoms with E-state index in [1.54, 1.807) is 0 Å². The van der Waals surface area contributed by atoms with E-state index in [0.29, 0.717) is 5.69 Å². The largest absolute Gasteiger partial charge is 0.465 e. The monoisotopic (exact) mass is 278 g/mol. The van der Waals surface area contributed by atoms with Crippen LogP contribution in [0.2, 0.25) is 0 Å². The van der Waals surface area contributed by atoms with Gasteiger partial charge in [-0.3, -0.25) is 9.42 Å². The third-order valence-corrected chi connectivity index (χ3v) is 2.55. The molecule has 0 aliphatic rings. The number of amides is 1. The molecule has 0 saturated heterocycles. The van der Waals surface area contributed by atoms with Crippen LogP contribution in [0.1, 0.15) is 20.8 Å². The van der Waals surface area contributed by atoms with E-state index in [2.05, 4.69) is 14.5 Å².